The first-order valence-electron chi connectivity index (χ1n) is 22.6. The van der Waals surface area contributed by atoms with Crippen LogP contribution in [0, 0.1) is 11.8 Å². The van der Waals surface area contributed by atoms with E-state index in [0.717, 1.165) is 83.1 Å². The van der Waals surface area contributed by atoms with Crippen molar-refractivity contribution in [3.8, 4) is 0 Å². The van der Waals surface area contributed by atoms with E-state index < -0.39 is 34.7 Å². The van der Waals surface area contributed by atoms with Gasteiger partial charge < -0.3 is 31.3 Å². The number of carboxylic acids is 1. The Morgan fingerprint density at radius 1 is 0.955 bits per heavy atom. The Labute approximate surface area is 407 Å². The van der Waals surface area contributed by atoms with Crippen LogP contribution in [0.15, 0.2) is 90.8 Å². The Balaban J connectivity index is 0.908. The van der Waals surface area contributed by atoms with E-state index in [2.05, 4.69) is 53.4 Å². The number of rotatable bonds is 11. The van der Waals surface area contributed by atoms with E-state index in [1.165, 1.54) is 18.0 Å². The van der Waals surface area contributed by atoms with E-state index in [1.54, 1.807) is 30.3 Å². The van der Waals surface area contributed by atoms with Crippen molar-refractivity contribution in [2.75, 3.05) is 95.3 Å². The topological polar surface area (TPSA) is 130 Å². The molecule has 6 atom stereocenters. The van der Waals surface area contributed by atoms with Gasteiger partial charge in [-0.15, -0.1) is 11.6 Å². The molecule has 5 N–H and O–H groups in total. The minimum Gasteiger partial charge on any atom is -0.477 e. The number of hydrogen-bond donors (Lipinski definition) is 4. The maximum absolute atomic E-state index is 13.9. The normalized spacial score (nSPS) is 27.4. The van der Waals surface area contributed by atoms with Gasteiger partial charge in [0.15, 0.2) is 12.2 Å². The molecule has 0 spiro atoms. The van der Waals surface area contributed by atoms with Crippen molar-refractivity contribution in [2.45, 2.75) is 36.0 Å². The Hall–Kier alpha value is -4.32. The number of quaternary nitrogens is 1. The number of benzene rings is 3. The third-order valence-corrected chi connectivity index (χ3v) is 16.0. The molecule has 356 valence electrons. The number of hydrogen-bond acceptors (Lipinski definition) is 8. The number of halogens is 7. The highest BCUT2D eigenvalue weighted by molar-refractivity contribution is 6.43. The van der Waals surface area contributed by atoms with Crippen LogP contribution in [0.3, 0.4) is 0 Å². The van der Waals surface area contributed by atoms with Gasteiger partial charge in [-0.05, 0) is 60.9 Å². The summed E-state index contributed by atoms with van der Waals surface area (Å²) in [7, 11) is 0. The van der Waals surface area contributed by atoms with Crippen LogP contribution in [0.5, 0.6) is 0 Å². The molecule has 4 aliphatic heterocycles. The fourth-order valence-corrected chi connectivity index (χ4v) is 12.4. The number of alkyl halides is 4. The number of nitrogens with zero attached hydrogens (tertiary/aromatic N) is 6. The van der Waals surface area contributed by atoms with Crippen molar-refractivity contribution in [1.29, 1.82) is 0 Å². The summed E-state index contributed by atoms with van der Waals surface area (Å²) in [5.41, 5.74) is 8.58. The highest BCUT2D eigenvalue weighted by atomic mass is 35.5. The third-order valence-electron chi connectivity index (χ3n) is 14.6. The number of carbonyl (C=O) groups is 2. The maximum atomic E-state index is 13.9. The van der Waals surface area contributed by atoms with Crippen molar-refractivity contribution >= 4 is 86.4 Å². The molecule has 4 aromatic rings. The summed E-state index contributed by atoms with van der Waals surface area (Å²) in [4.78, 5) is 38.9. The van der Waals surface area contributed by atoms with Crippen LogP contribution < -0.4 is 25.8 Å². The van der Waals surface area contributed by atoms with Crippen LogP contribution in [0.4, 0.5) is 35.0 Å². The molecule has 4 fully saturated rings. The Bertz CT molecular complexity index is 2590. The van der Waals surface area contributed by atoms with Gasteiger partial charge in [0, 0.05) is 124 Å². The zero-order valence-corrected chi connectivity index (χ0v) is 39.7. The second-order valence-corrected chi connectivity index (χ2v) is 20.5. The molecule has 6 unspecified atom stereocenters. The summed E-state index contributed by atoms with van der Waals surface area (Å²) in [5, 5.41) is 19.0. The number of likely N-dealkylation sites (tertiary alicyclic amines) is 1. The number of urea groups is 1. The largest absolute Gasteiger partial charge is 0.477 e. The van der Waals surface area contributed by atoms with Crippen molar-refractivity contribution in [3.05, 3.63) is 117 Å². The van der Waals surface area contributed by atoms with Crippen LogP contribution in [-0.4, -0.2) is 133 Å². The van der Waals surface area contributed by atoms with Gasteiger partial charge >= 0.3 is 18.2 Å². The molecule has 12 nitrogen and oxygen atoms in total. The zero-order chi connectivity index (χ0) is 47.3. The highest BCUT2D eigenvalue weighted by Crippen LogP contribution is 2.53. The van der Waals surface area contributed by atoms with Crippen molar-refractivity contribution in [2.24, 2.45) is 17.6 Å². The number of aromatic nitrogens is 1. The fraction of sp³-hybridized carbons (Fsp3) is 0.438. The SMILES string of the molecule is NC(=O)Nc1cc(Cl)ccc1[N+]1(CC(=O)O)CC(C2CNCC2N2CCN(CC3(Cl)C=CC(N4CCN(c5cccc(Cl)c5Cl)CC4)=CC3)CC2)CC1c1ccnc2cc(C(F)(F)F)ccc12. The van der Waals surface area contributed by atoms with Gasteiger partial charge in [0.05, 0.1) is 38.2 Å². The summed E-state index contributed by atoms with van der Waals surface area (Å²) >= 11 is 26.6. The smallest absolute Gasteiger partial charge is 0.416 e. The summed E-state index contributed by atoms with van der Waals surface area (Å²) in [6.45, 7) is 8.88. The number of amides is 2. The molecule has 0 bridgehead atoms. The van der Waals surface area contributed by atoms with Crippen LogP contribution in [0.2, 0.25) is 15.1 Å². The molecule has 19 heteroatoms. The zero-order valence-electron chi connectivity index (χ0n) is 36.7. The summed E-state index contributed by atoms with van der Waals surface area (Å²) < 4.78 is 41.6. The Morgan fingerprint density at radius 3 is 2.42 bits per heavy atom. The summed E-state index contributed by atoms with van der Waals surface area (Å²) in [6.07, 6.45) is 4.71. The first kappa shape index (κ1) is 47.7. The van der Waals surface area contributed by atoms with Crippen LogP contribution in [0.1, 0.15) is 30.0 Å². The molecule has 3 aromatic carbocycles. The minimum atomic E-state index is -4.57. The van der Waals surface area contributed by atoms with Crippen molar-refractivity contribution < 1.29 is 27.9 Å². The lowest BCUT2D eigenvalue weighted by Gasteiger charge is -2.43. The molecule has 2 amide bonds. The van der Waals surface area contributed by atoms with Crippen LogP contribution >= 0.6 is 46.4 Å². The standard InChI is InChI=1S/C48H52Cl4F3N9O3/c49-32-5-7-42(39(24-32)59-46(56)67)64(28-44(65)66)27-30(22-43(64)35-10-13-58-38-23-31(48(53,54)55)4-6-34(35)38)36-25-57-26-41(36)63-16-14-60(15-17-63)29-47(52)11-8-33(9-12-47)61-18-20-62(21-19-61)40-3-1-2-37(50)45(40)51/h1-11,13,23-24,30,36,41,43,57H,12,14-22,25-29H2,(H3-,56,59,65,66,67)/p+1. The van der Waals surface area contributed by atoms with E-state index in [-0.39, 0.29) is 40.1 Å². The first-order valence-corrected chi connectivity index (χ1v) is 24.1. The lowest BCUT2D eigenvalue weighted by molar-refractivity contribution is -0.139. The molecule has 0 radical (unpaired) electrons. The van der Waals surface area contributed by atoms with Crippen molar-refractivity contribution in [3.63, 3.8) is 0 Å². The number of carbonyl (C=O) groups excluding carboxylic acids is 1. The van der Waals surface area contributed by atoms with Gasteiger partial charge in [-0.2, -0.15) is 13.2 Å². The Morgan fingerprint density at radius 2 is 1.72 bits per heavy atom. The lowest BCUT2D eigenvalue weighted by Crippen LogP contribution is -2.56. The van der Waals surface area contributed by atoms with E-state index in [1.807, 2.05) is 12.1 Å². The van der Waals surface area contributed by atoms with E-state index in [9.17, 15) is 27.9 Å². The van der Waals surface area contributed by atoms with E-state index in [0.29, 0.717) is 57.8 Å². The number of piperazine rings is 2. The van der Waals surface area contributed by atoms with E-state index >= 15 is 0 Å². The molecule has 1 aliphatic carbocycles. The van der Waals surface area contributed by atoms with Gasteiger partial charge in [0.2, 0.25) is 0 Å². The number of carboxylic acid groups (broad SMARTS) is 1. The number of allylic oxidation sites excluding steroid dienone is 2. The fourth-order valence-electron chi connectivity index (χ4n) is 11.5. The molecule has 67 heavy (non-hydrogen) atoms. The van der Waals surface area contributed by atoms with Gasteiger partial charge in [-0.1, -0.05) is 59.1 Å². The molecule has 5 heterocycles. The van der Waals surface area contributed by atoms with Gasteiger partial charge in [0.25, 0.3) is 0 Å². The van der Waals surface area contributed by atoms with Gasteiger partial charge in [-0.25, -0.2) is 9.59 Å². The van der Waals surface area contributed by atoms with E-state index in [4.69, 9.17) is 52.1 Å². The Kier molecular flexibility index (Phi) is 13.7. The number of anilines is 2. The van der Waals surface area contributed by atoms with Crippen LogP contribution in [-0.2, 0) is 11.0 Å². The average molecular weight is 1000 g/mol. The van der Waals surface area contributed by atoms with Gasteiger partial charge in [0.1, 0.15) is 11.7 Å². The van der Waals surface area contributed by atoms with Gasteiger partial charge in [-0.3, -0.25) is 19.3 Å². The summed E-state index contributed by atoms with van der Waals surface area (Å²) in [5.74, 6) is -0.994. The number of fused-ring (bicyclic) bond motifs is 1. The lowest BCUT2D eigenvalue weighted by atomic mass is 9.84. The number of nitrogens with two attached hydrogens (primary N) is 1. The molecule has 5 aliphatic rings. The number of aliphatic carboxylic acids is 1. The predicted molar refractivity (Wildman–Crippen MR) is 260 cm³/mol. The second-order valence-electron chi connectivity index (χ2n) is 18.5. The molecular weight excluding hydrogens is 949 g/mol. The average Bonchev–Trinajstić information content (AvgIpc) is 3.93. The maximum Gasteiger partial charge on any atom is 0.416 e. The molecule has 9 rings (SSSR count). The molecule has 4 saturated heterocycles. The quantitative estimate of drug-likeness (QED) is 0.0862. The highest BCUT2D eigenvalue weighted by Gasteiger charge is 2.56. The first-order chi connectivity index (χ1) is 32.0. The molecular formula is C48H53Cl4F3N9O3+. The number of pyridine rings is 1. The van der Waals surface area contributed by atoms with Crippen LogP contribution in [0.25, 0.3) is 10.9 Å². The third kappa shape index (κ3) is 9.94. The number of primary amides is 1. The molecule has 0 saturated carbocycles. The summed E-state index contributed by atoms with van der Waals surface area (Å²) in [6, 6.07) is 14.7. The van der Waals surface area contributed by atoms with Crippen molar-refractivity contribution in [1.82, 2.24) is 29.5 Å². The molecule has 1 aromatic heterocycles. The minimum absolute atomic E-state index is 0.0331. The number of nitrogens with one attached hydrogen (secondary N) is 2. The second kappa shape index (κ2) is 19.2. The monoisotopic (exact) mass is 1000 g/mol. The predicted octanol–water partition coefficient (Wildman–Crippen LogP) is 8.71.